The number of non-ortho nitro benzene ring substituents is 1. The lowest BCUT2D eigenvalue weighted by molar-refractivity contribution is -0.384. The fourth-order valence-electron chi connectivity index (χ4n) is 3.22. The number of H-pyrrole nitrogens is 1. The van der Waals surface area contributed by atoms with Crippen LogP contribution >= 0.6 is 0 Å². The fraction of sp³-hybridized carbons (Fsp3) is 0.0909. The number of benzene rings is 3. The van der Waals surface area contributed by atoms with Crippen LogP contribution in [0.2, 0.25) is 0 Å². The van der Waals surface area contributed by atoms with Crippen molar-refractivity contribution in [3.63, 3.8) is 0 Å². The first-order valence-corrected chi connectivity index (χ1v) is 9.08. The van der Waals surface area contributed by atoms with Gasteiger partial charge in [0.05, 0.1) is 16.0 Å². The lowest BCUT2D eigenvalue weighted by Gasteiger charge is -2.17. The van der Waals surface area contributed by atoms with Crippen LogP contribution in [0.5, 0.6) is 0 Å². The molecule has 4 rings (SSSR count). The monoisotopic (exact) mass is 386 g/mol. The second kappa shape index (κ2) is 7.55. The normalized spacial score (nSPS) is 11.9. The molecular formula is C22H18N4O3. The van der Waals surface area contributed by atoms with Gasteiger partial charge in [-0.25, -0.2) is 4.98 Å². The summed E-state index contributed by atoms with van der Waals surface area (Å²) in [6, 6.07) is 20.7. The first kappa shape index (κ1) is 18.4. The number of hydrogen-bond donors (Lipinski definition) is 2. The maximum Gasteiger partial charge on any atom is 0.271 e. The summed E-state index contributed by atoms with van der Waals surface area (Å²) in [6.07, 6.45) is 0. The van der Waals surface area contributed by atoms with Gasteiger partial charge in [-0.2, -0.15) is 0 Å². The quantitative estimate of drug-likeness (QED) is 0.394. The molecule has 1 atom stereocenters. The molecule has 1 heterocycles. The molecule has 1 amide bonds. The van der Waals surface area contributed by atoms with E-state index in [0.29, 0.717) is 22.4 Å². The van der Waals surface area contributed by atoms with Gasteiger partial charge in [0.2, 0.25) is 0 Å². The lowest BCUT2D eigenvalue weighted by Crippen LogP contribution is -2.30. The van der Waals surface area contributed by atoms with Crippen LogP contribution in [0, 0.1) is 17.0 Å². The van der Waals surface area contributed by atoms with E-state index >= 15 is 0 Å². The van der Waals surface area contributed by atoms with Crippen LogP contribution in [-0.2, 0) is 0 Å². The molecule has 7 nitrogen and oxygen atoms in total. The second-order valence-corrected chi connectivity index (χ2v) is 6.77. The summed E-state index contributed by atoms with van der Waals surface area (Å²) in [6.45, 7) is 1.93. The van der Waals surface area contributed by atoms with E-state index in [2.05, 4.69) is 15.3 Å². The maximum absolute atomic E-state index is 12.9. The molecule has 3 aromatic carbocycles. The number of carbonyl (C=O) groups is 1. The third kappa shape index (κ3) is 3.84. The van der Waals surface area contributed by atoms with E-state index in [1.54, 1.807) is 12.1 Å². The summed E-state index contributed by atoms with van der Waals surface area (Å²) in [7, 11) is 0. The summed E-state index contributed by atoms with van der Waals surface area (Å²) in [4.78, 5) is 31.2. The number of nitrogens with zero attached hydrogens (tertiary/aromatic N) is 2. The molecule has 0 spiro atoms. The SMILES string of the molecule is Cc1cccc(C(=O)NC(c2ccccc2)c2nc3ccc([N+](=O)[O-])cc3[nH]2)c1. The number of aromatic amines is 1. The number of fused-ring (bicyclic) bond motifs is 1. The zero-order valence-electron chi connectivity index (χ0n) is 15.6. The molecule has 144 valence electrons. The van der Waals surface area contributed by atoms with E-state index in [4.69, 9.17) is 0 Å². The number of aromatic nitrogens is 2. The summed E-state index contributed by atoms with van der Waals surface area (Å²) in [5.74, 6) is 0.279. The van der Waals surface area contributed by atoms with Crippen LogP contribution in [0.1, 0.15) is 33.4 Å². The topological polar surface area (TPSA) is 101 Å². The first-order valence-electron chi connectivity index (χ1n) is 9.08. The Kier molecular flexibility index (Phi) is 4.78. The van der Waals surface area contributed by atoms with Crippen LogP contribution < -0.4 is 5.32 Å². The molecule has 0 saturated heterocycles. The Hall–Kier alpha value is -4.00. The molecule has 0 bridgehead atoms. The van der Waals surface area contributed by atoms with Gasteiger partial charge in [-0.05, 0) is 30.7 Å². The molecule has 0 radical (unpaired) electrons. The highest BCUT2D eigenvalue weighted by molar-refractivity contribution is 5.94. The van der Waals surface area contributed by atoms with Crippen molar-refractivity contribution in [3.8, 4) is 0 Å². The first-order chi connectivity index (χ1) is 14.0. The van der Waals surface area contributed by atoms with E-state index in [0.717, 1.165) is 11.1 Å². The number of nitro groups is 1. The number of hydrogen-bond acceptors (Lipinski definition) is 4. The molecule has 0 fully saturated rings. The average Bonchev–Trinajstić information content (AvgIpc) is 3.15. The van der Waals surface area contributed by atoms with Crippen molar-refractivity contribution in [2.24, 2.45) is 0 Å². The number of nitro benzene ring substituents is 1. The molecule has 29 heavy (non-hydrogen) atoms. The molecular weight excluding hydrogens is 368 g/mol. The van der Waals surface area contributed by atoms with Gasteiger partial charge in [-0.15, -0.1) is 0 Å². The highest BCUT2D eigenvalue weighted by Gasteiger charge is 2.22. The van der Waals surface area contributed by atoms with E-state index in [1.807, 2.05) is 55.5 Å². The molecule has 7 heteroatoms. The average molecular weight is 386 g/mol. The molecule has 4 aromatic rings. The minimum absolute atomic E-state index is 0.0206. The van der Waals surface area contributed by atoms with Gasteiger partial charge in [0, 0.05) is 17.7 Å². The molecule has 0 aliphatic rings. The highest BCUT2D eigenvalue weighted by atomic mass is 16.6. The predicted molar refractivity (Wildman–Crippen MR) is 110 cm³/mol. The predicted octanol–water partition coefficient (Wildman–Crippen LogP) is 4.30. The van der Waals surface area contributed by atoms with Crippen molar-refractivity contribution in [1.82, 2.24) is 15.3 Å². The van der Waals surface area contributed by atoms with Crippen molar-refractivity contribution in [2.45, 2.75) is 13.0 Å². The Balaban J connectivity index is 1.74. The maximum atomic E-state index is 12.9. The van der Waals surface area contributed by atoms with Gasteiger partial charge < -0.3 is 10.3 Å². The molecule has 0 aliphatic carbocycles. The zero-order valence-corrected chi connectivity index (χ0v) is 15.6. The van der Waals surface area contributed by atoms with Gasteiger partial charge >= 0.3 is 0 Å². The van der Waals surface area contributed by atoms with E-state index in [-0.39, 0.29) is 11.6 Å². The number of amides is 1. The second-order valence-electron chi connectivity index (χ2n) is 6.77. The van der Waals surface area contributed by atoms with E-state index < -0.39 is 11.0 Å². The number of aryl methyl sites for hydroxylation is 1. The Morgan fingerprint density at radius 2 is 1.86 bits per heavy atom. The van der Waals surface area contributed by atoms with Gasteiger partial charge in [0.1, 0.15) is 11.9 Å². The number of nitrogens with one attached hydrogen (secondary N) is 2. The molecule has 2 N–H and O–H groups in total. The zero-order chi connectivity index (χ0) is 20.4. The van der Waals surface area contributed by atoms with Crippen LogP contribution in [0.3, 0.4) is 0 Å². The van der Waals surface area contributed by atoms with Gasteiger partial charge in [-0.1, -0.05) is 48.0 Å². The fourth-order valence-corrected chi connectivity index (χ4v) is 3.22. The van der Waals surface area contributed by atoms with Crippen molar-refractivity contribution in [3.05, 3.63) is 105 Å². The van der Waals surface area contributed by atoms with Crippen molar-refractivity contribution in [2.75, 3.05) is 0 Å². The Labute approximate surface area is 166 Å². The lowest BCUT2D eigenvalue weighted by atomic mass is 10.1. The molecule has 0 saturated carbocycles. The highest BCUT2D eigenvalue weighted by Crippen LogP contribution is 2.25. The summed E-state index contributed by atoms with van der Waals surface area (Å²) >= 11 is 0. The summed E-state index contributed by atoms with van der Waals surface area (Å²) in [5, 5.41) is 14.1. The van der Waals surface area contributed by atoms with Crippen molar-refractivity contribution in [1.29, 1.82) is 0 Å². The minimum Gasteiger partial charge on any atom is -0.340 e. The number of carbonyl (C=O) groups excluding carboxylic acids is 1. The van der Waals surface area contributed by atoms with Gasteiger partial charge in [0.15, 0.2) is 0 Å². The Morgan fingerprint density at radius 1 is 1.07 bits per heavy atom. The van der Waals surface area contributed by atoms with Crippen LogP contribution in [0.15, 0.2) is 72.8 Å². The van der Waals surface area contributed by atoms with Crippen LogP contribution in [0.4, 0.5) is 5.69 Å². The standard InChI is InChI=1S/C22H18N4O3/c1-14-6-5-9-16(12-14)22(27)25-20(15-7-3-2-4-8-15)21-23-18-11-10-17(26(28)29)13-19(18)24-21/h2-13,20H,1H3,(H,23,24)(H,25,27). The van der Waals surface area contributed by atoms with E-state index in [9.17, 15) is 14.9 Å². The smallest absolute Gasteiger partial charge is 0.271 e. The Morgan fingerprint density at radius 3 is 2.59 bits per heavy atom. The van der Waals surface area contributed by atoms with Gasteiger partial charge in [-0.3, -0.25) is 14.9 Å². The van der Waals surface area contributed by atoms with Crippen molar-refractivity contribution >= 4 is 22.6 Å². The number of rotatable bonds is 5. The Bertz CT molecular complexity index is 1200. The summed E-state index contributed by atoms with van der Waals surface area (Å²) in [5.41, 5.74) is 3.51. The number of imidazole rings is 1. The molecule has 1 aromatic heterocycles. The van der Waals surface area contributed by atoms with Crippen molar-refractivity contribution < 1.29 is 9.72 Å². The molecule has 1 unspecified atom stereocenters. The van der Waals surface area contributed by atoms with Crippen LogP contribution in [0.25, 0.3) is 11.0 Å². The summed E-state index contributed by atoms with van der Waals surface area (Å²) < 4.78 is 0. The van der Waals surface area contributed by atoms with Crippen LogP contribution in [-0.4, -0.2) is 20.8 Å². The van der Waals surface area contributed by atoms with E-state index in [1.165, 1.54) is 12.1 Å². The van der Waals surface area contributed by atoms with Gasteiger partial charge in [0.25, 0.3) is 11.6 Å². The third-order valence-electron chi connectivity index (χ3n) is 4.66. The largest absolute Gasteiger partial charge is 0.340 e. The minimum atomic E-state index is -0.532. The third-order valence-corrected chi connectivity index (χ3v) is 4.66. The molecule has 0 aliphatic heterocycles.